The van der Waals surface area contributed by atoms with E-state index in [9.17, 15) is 9.59 Å². The van der Waals surface area contributed by atoms with E-state index in [0.29, 0.717) is 17.1 Å². The zero-order chi connectivity index (χ0) is 17.4. The number of hydrogen-bond donors (Lipinski definition) is 2. The topological polar surface area (TPSA) is 89.0 Å². The van der Waals surface area contributed by atoms with E-state index >= 15 is 0 Å². The molecule has 1 aromatic rings. The molecule has 1 fully saturated rings. The van der Waals surface area contributed by atoms with Gasteiger partial charge in [-0.1, -0.05) is 25.3 Å². The average molecular weight is 333 g/mol. The standard InChI is InChI=1S/C17H23N3O4/c1-23-14-10-6-7-12(15(14)24-2)11-18-20-17(22)16(21)19-13-8-4-3-5-9-13/h6-7,10-11,13H,3-5,8-9H2,1-2H3,(H,19,21)(H,20,22)/b18-11-. The lowest BCUT2D eigenvalue weighted by Gasteiger charge is -2.22. The molecular formula is C17H23N3O4. The summed E-state index contributed by atoms with van der Waals surface area (Å²) in [7, 11) is 3.06. The molecule has 0 saturated heterocycles. The van der Waals surface area contributed by atoms with Crippen molar-refractivity contribution in [3.8, 4) is 11.5 Å². The average Bonchev–Trinajstić information content (AvgIpc) is 2.62. The van der Waals surface area contributed by atoms with Crippen LogP contribution in [0.4, 0.5) is 0 Å². The third-order valence-electron chi connectivity index (χ3n) is 3.95. The van der Waals surface area contributed by atoms with Gasteiger partial charge in [-0.2, -0.15) is 5.10 Å². The van der Waals surface area contributed by atoms with Gasteiger partial charge in [-0.25, -0.2) is 5.43 Å². The summed E-state index contributed by atoms with van der Waals surface area (Å²) in [6, 6.07) is 5.38. The van der Waals surface area contributed by atoms with Crippen molar-refractivity contribution < 1.29 is 19.1 Å². The van der Waals surface area contributed by atoms with E-state index in [4.69, 9.17) is 9.47 Å². The molecule has 0 radical (unpaired) electrons. The first-order valence-corrected chi connectivity index (χ1v) is 8.00. The first kappa shape index (κ1) is 17.8. The van der Waals surface area contributed by atoms with Gasteiger partial charge in [0.15, 0.2) is 11.5 Å². The van der Waals surface area contributed by atoms with Gasteiger partial charge in [-0.05, 0) is 25.0 Å². The number of para-hydroxylation sites is 1. The van der Waals surface area contributed by atoms with E-state index in [1.54, 1.807) is 18.2 Å². The molecule has 0 atom stereocenters. The van der Waals surface area contributed by atoms with E-state index in [2.05, 4.69) is 15.8 Å². The maximum absolute atomic E-state index is 11.8. The zero-order valence-corrected chi connectivity index (χ0v) is 14.0. The Morgan fingerprint density at radius 2 is 1.88 bits per heavy atom. The van der Waals surface area contributed by atoms with Gasteiger partial charge in [0.2, 0.25) is 0 Å². The number of hydrazone groups is 1. The summed E-state index contributed by atoms with van der Waals surface area (Å²) in [5, 5.41) is 6.56. The molecule has 0 aliphatic heterocycles. The molecule has 1 aromatic carbocycles. The molecule has 1 saturated carbocycles. The molecule has 2 rings (SSSR count). The summed E-state index contributed by atoms with van der Waals surface area (Å²) in [6.07, 6.45) is 6.60. The fraction of sp³-hybridized carbons (Fsp3) is 0.471. The molecule has 2 N–H and O–H groups in total. The first-order valence-electron chi connectivity index (χ1n) is 8.00. The highest BCUT2D eigenvalue weighted by Gasteiger charge is 2.20. The Morgan fingerprint density at radius 1 is 1.12 bits per heavy atom. The molecule has 7 heteroatoms. The predicted octanol–water partition coefficient (Wildman–Crippen LogP) is 1.60. The Balaban J connectivity index is 1.91. The van der Waals surface area contributed by atoms with Gasteiger partial charge in [-0.15, -0.1) is 0 Å². The molecule has 0 unspecified atom stereocenters. The molecule has 7 nitrogen and oxygen atoms in total. The minimum absolute atomic E-state index is 0.0828. The second kappa shape index (κ2) is 8.90. The Bertz CT molecular complexity index is 610. The van der Waals surface area contributed by atoms with E-state index in [0.717, 1.165) is 25.7 Å². The number of rotatable bonds is 5. The normalized spacial score (nSPS) is 15.1. The number of benzene rings is 1. The molecule has 0 spiro atoms. The number of methoxy groups -OCH3 is 2. The Kier molecular flexibility index (Phi) is 6.60. The van der Waals surface area contributed by atoms with Crippen LogP contribution in [0.1, 0.15) is 37.7 Å². The SMILES string of the molecule is COc1cccc(/C=N\NC(=O)C(=O)NC2CCCCC2)c1OC. The number of nitrogens with one attached hydrogen (secondary N) is 2. The molecule has 1 aliphatic carbocycles. The number of ether oxygens (including phenoxy) is 2. The maximum atomic E-state index is 11.8. The van der Waals surface area contributed by atoms with Crippen LogP contribution in [0.25, 0.3) is 0 Å². The van der Waals surface area contributed by atoms with Crippen LogP contribution in [0.15, 0.2) is 23.3 Å². The van der Waals surface area contributed by atoms with Gasteiger partial charge in [-0.3, -0.25) is 9.59 Å². The van der Waals surface area contributed by atoms with Crippen molar-refractivity contribution in [3.05, 3.63) is 23.8 Å². The van der Waals surface area contributed by atoms with Gasteiger partial charge < -0.3 is 14.8 Å². The van der Waals surface area contributed by atoms with Crippen LogP contribution < -0.4 is 20.2 Å². The summed E-state index contributed by atoms with van der Waals surface area (Å²) >= 11 is 0. The van der Waals surface area contributed by atoms with Crippen LogP contribution in [0.3, 0.4) is 0 Å². The molecule has 0 bridgehead atoms. The second-order valence-corrected chi connectivity index (χ2v) is 5.59. The van der Waals surface area contributed by atoms with Gasteiger partial charge in [0.1, 0.15) is 0 Å². The number of nitrogens with zero attached hydrogens (tertiary/aromatic N) is 1. The summed E-state index contributed by atoms with van der Waals surface area (Å²) in [5.74, 6) is -0.372. The highest BCUT2D eigenvalue weighted by atomic mass is 16.5. The van der Waals surface area contributed by atoms with Crippen LogP contribution in [-0.4, -0.2) is 38.3 Å². The van der Waals surface area contributed by atoms with Crippen molar-refractivity contribution in [1.82, 2.24) is 10.7 Å². The summed E-state index contributed by atoms with van der Waals surface area (Å²) in [5.41, 5.74) is 2.86. The van der Waals surface area contributed by atoms with Gasteiger partial charge in [0, 0.05) is 11.6 Å². The summed E-state index contributed by atoms with van der Waals surface area (Å²) in [6.45, 7) is 0. The van der Waals surface area contributed by atoms with Gasteiger partial charge >= 0.3 is 11.8 Å². The van der Waals surface area contributed by atoms with E-state index in [1.807, 2.05) is 0 Å². The van der Waals surface area contributed by atoms with Crippen molar-refractivity contribution >= 4 is 18.0 Å². The van der Waals surface area contributed by atoms with Crippen LogP contribution in [0.5, 0.6) is 11.5 Å². The van der Waals surface area contributed by atoms with Crippen LogP contribution in [0.2, 0.25) is 0 Å². The lowest BCUT2D eigenvalue weighted by Crippen LogP contribution is -2.44. The Morgan fingerprint density at radius 3 is 2.54 bits per heavy atom. The van der Waals surface area contributed by atoms with Crippen LogP contribution in [0, 0.1) is 0 Å². The number of hydrogen-bond acceptors (Lipinski definition) is 5. The van der Waals surface area contributed by atoms with Crippen molar-refractivity contribution in [3.63, 3.8) is 0 Å². The lowest BCUT2D eigenvalue weighted by atomic mass is 9.95. The third kappa shape index (κ3) is 4.71. The minimum atomic E-state index is -0.779. The molecule has 130 valence electrons. The molecule has 0 heterocycles. The fourth-order valence-electron chi connectivity index (χ4n) is 2.72. The molecule has 0 aromatic heterocycles. The summed E-state index contributed by atoms with van der Waals surface area (Å²) < 4.78 is 10.5. The third-order valence-corrected chi connectivity index (χ3v) is 3.95. The highest BCUT2D eigenvalue weighted by molar-refractivity contribution is 6.35. The van der Waals surface area contributed by atoms with E-state index < -0.39 is 11.8 Å². The molecule has 24 heavy (non-hydrogen) atoms. The van der Waals surface area contributed by atoms with Crippen LogP contribution >= 0.6 is 0 Å². The molecule has 2 amide bonds. The minimum Gasteiger partial charge on any atom is -0.493 e. The van der Waals surface area contributed by atoms with Crippen molar-refractivity contribution in [2.75, 3.05) is 14.2 Å². The lowest BCUT2D eigenvalue weighted by molar-refractivity contribution is -0.139. The van der Waals surface area contributed by atoms with E-state index in [1.165, 1.54) is 26.9 Å². The largest absolute Gasteiger partial charge is 0.493 e. The van der Waals surface area contributed by atoms with Gasteiger partial charge in [0.25, 0.3) is 0 Å². The van der Waals surface area contributed by atoms with Crippen molar-refractivity contribution in [1.29, 1.82) is 0 Å². The first-order chi connectivity index (χ1) is 11.7. The fourth-order valence-corrected chi connectivity index (χ4v) is 2.72. The monoisotopic (exact) mass is 333 g/mol. The Hall–Kier alpha value is -2.57. The summed E-state index contributed by atoms with van der Waals surface area (Å²) in [4.78, 5) is 23.6. The van der Waals surface area contributed by atoms with Crippen molar-refractivity contribution in [2.45, 2.75) is 38.1 Å². The molecule has 1 aliphatic rings. The zero-order valence-electron chi connectivity index (χ0n) is 14.0. The number of carbonyl (C=O) groups excluding carboxylic acids is 2. The number of carbonyl (C=O) groups is 2. The molecular weight excluding hydrogens is 310 g/mol. The second-order valence-electron chi connectivity index (χ2n) is 5.59. The van der Waals surface area contributed by atoms with Crippen molar-refractivity contribution in [2.24, 2.45) is 5.10 Å². The number of amides is 2. The smallest absolute Gasteiger partial charge is 0.329 e. The Labute approximate surface area is 141 Å². The predicted molar refractivity (Wildman–Crippen MR) is 90.3 cm³/mol. The highest BCUT2D eigenvalue weighted by Crippen LogP contribution is 2.29. The quantitative estimate of drug-likeness (QED) is 0.487. The van der Waals surface area contributed by atoms with Gasteiger partial charge in [0.05, 0.1) is 20.4 Å². The maximum Gasteiger partial charge on any atom is 0.329 e. The van der Waals surface area contributed by atoms with Crippen LogP contribution in [-0.2, 0) is 9.59 Å². The van der Waals surface area contributed by atoms with E-state index in [-0.39, 0.29) is 6.04 Å².